The number of ether oxygens (including phenoxy) is 2. The van der Waals surface area contributed by atoms with Crippen LogP contribution in [0.2, 0.25) is 0 Å². The van der Waals surface area contributed by atoms with Crippen molar-refractivity contribution in [1.29, 1.82) is 0 Å². The molecule has 4 heteroatoms. The second kappa shape index (κ2) is 7.29. The van der Waals surface area contributed by atoms with E-state index in [0.717, 1.165) is 30.0 Å². The molecule has 3 rings (SSSR count). The van der Waals surface area contributed by atoms with Crippen molar-refractivity contribution in [3.8, 4) is 11.5 Å². The smallest absolute Gasteiger partial charge is 0.227 e. The molecule has 23 heavy (non-hydrogen) atoms. The van der Waals surface area contributed by atoms with Crippen LogP contribution < -0.4 is 10.1 Å². The molecule has 2 aromatic carbocycles. The van der Waals surface area contributed by atoms with Gasteiger partial charge in [-0.2, -0.15) is 0 Å². The Morgan fingerprint density at radius 1 is 1.00 bits per heavy atom. The monoisotopic (exact) mass is 311 g/mol. The lowest BCUT2D eigenvalue weighted by molar-refractivity contribution is -0.122. The summed E-state index contributed by atoms with van der Waals surface area (Å²) in [4.78, 5) is 12.2. The third kappa shape index (κ3) is 4.33. The van der Waals surface area contributed by atoms with E-state index in [-0.39, 0.29) is 11.8 Å². The number of hydrogen-bond donors (Lipinski definition) is 1. The maximum atomic E-state index is 12.2. The zero-order chi connectivity index (χ0) is 16.1. The molecule has 1 amide bonds. The van der Waals surface area contributed by atoms with Crippen molar-refractivity contribution < 1.29 is 14.3 Å². The summed E-state index contributed by atoms with van der Waals surface area (Å²) >= 11 is 0. The van der Waals surface area contributed by atoms with Crippen LogP contribution in [0.1, 0.15) is 18.4 Å². The number of hydrogen-bond acceptors (Lipinski definition) is 3. The highest BCUT2D eigenvalue weighted by molar-refractivity contribution is 5.92. The zero-order valence-corrected chi connectivity index (χ0v) is 13.2. The Labute approximate surface area is 136 Å². The molecule has 4 nitrogen and oxygen atoms in total. The van der Waals surface area contributed by atoms with Gasteiger partial charge >= 0.3 is 0 Å². The number of carbonyl (C=O) groups is 1. The summed E-state index contributed by atoms with van der Waals surface area (Å²) in [6.07, 6.45) is 1.58. The summed E-state index contributed by atoms with van der Waals surface area (Å²) in [5.74, 6) is 1.67. The number of benzene rings is 2. The van der Waals surface area contributed by atoms with Gasteiger partial charge in [0.25, 0.3) is 0 Å². The Kier molecular flexibility index (Phi) is 4.93. The van der Waals surface area contributed by atoms with Crippen molar-refractivity contribution in [2.24, 2.45) is 5.92 Å². The van der Waals surface area contributed by atoms with Gasteiger partial charge in [-0.3, -0.25) is 4.79 Å². The van der Waals surface area contributed by atoms with Crippen molar-refractivity contribution in [1.82, 2.24) is 0 Å². The molecule has 1 aliphatic heterocycles. The summed E-state index contributed by atoms with van der Waals surface area (Å²) in [5.41, 5.74) is 1.99. The van der Waals surface area contributed by atoms with Gasteiger partial charge in [0, 0.05) is 24.8 Å². The lowest BCUT2D eigenvalue weighted by Crippen LogP contribution is -2.28. The van der Waals surface area contributed by atoms with Crippen LogP contribution in [-0.4, -0.2) is 19.1 Å². The van der Waals surface area contributed by atoms with Gasteiger partial charge in [0.15, 0.2) is 0 Å². The highest BCUT2D eigenvalue weighted by atomic mass is 16.5. The molecule has 0 atom stereocenters. The summed E-state index contributed by atoms with van der Waals surface area (Å²) in [6, 6.07) is 15.3. The molecule has 1 aliphatic rings. The molecule has 0 aliphatic carbocycles. The summed E-state index contributed by atoms with van der Waals surface area (Å²) in [6.45, 7) is 3.38. The fourth-order valence-corrected chi connectivity index (χ4v) is 2.55. The zero-order valence-electron chi connectivity index (χ0n) is 13.2. The quantitative estimate of drug-likeness (QED) is 0.922. The molecule has 0 radical (unpaired) electrons. The van der Waals surface area contributed by atoms with Crippen molar-refractivity contribution in [3.63, 3.8) is 0 Å². The van der Waals surface area contributed by atoms with Crippen molar-refractivity contribution in [3.05, 3.63) is 54.1 Å². The normalized spacial score (nSPS) is 15.2. The van der Waals surface area contributed by atoms with Crippen LogP contribution in [0.15, 0.2) is 48.5 Å². The Morgan fingerprint density at radius 3 is 2.17 bits per heavy atom. The van der Waals surface area contributed by atoms with Gasteiger partial charge in [0.1, 0.15) is 11.5 Å². The first-order valence-corrected chi connectivity index (χ1v) is 7.94. The Bertz CT molecular complexity index is 643. The Balaban J connectivity index is 1.58. The van der Waals surface area contributed by atoms with Crippen LogP contribution in [0.4, 0.5) is 5.69 Å². The Morgan fingerprint density at radius 2 is 1.57 bits per heavy atom. The Hall–Kier alpha value is -2.33. The third-order valence-corrected chi connectivity index (χ3v) is 3.97. The van der Waals surface area contributed by atoms with E-state index in [1.54, 1.807) is 0 Å². The molecule has 2 aromatic rings. The van der Waals surface area contributed by atoms with Crippen LogP contribution in [-0.2, 0) is 9.53 Å². The maximum Gasteiger partial charge on any atom is 0.227 e. The second-order valence-electron chi connectivity index (χ2n) is 5.82. The van der Waals surface area contributed by atoms with Crippen LogP contribution >= 0.6 is 0 Å². The molecule has 0 aromatic heterocycles. The lowest BCUT2D eigenvalue weighted by Gasteiger charge is -2.21. The minimum atomic E-state index is 0.0484. The average molecular weight is 311 g/mol. The predicted molar refractivity (Wildman–Crippen MR) is 89.9 cm³/mol. The van der Waals surface area contributed by atoms with E-state index in [0.29, 0.717) is 13.2 Å². The molecule has 0 spiro atoms. The summed E-state index contributed by atoms with van der Waals surface area (Å²) in [5, 5.41) is 2.96. The molecule has 0 unspecified atom stereocenters. The van der Waals surface area contributed by atoms with Gasteiger partial charge in [-0.25, -0.2) is 0 Å². The van der Waals surface area contributed by atoms with Gasteiger partial charge < -0.3 is 14.8 Å². The minimum absolute atomic E-state index is 0.0484. The largest absolute Gasteiger partial charge is 0.457 e. The first-order chi connectivity index (χ1) is 11.2. The molecular weight excluding hydrogens is 290 g/mol. The molecule has 1 saturated heterocycles. The third-order valence-electron chi connectivity index (χ3n) is 3.97. The molecule has 0 bridgehead atoms. The van der Waals surface area contributed by atoms with Gasteiger partial charge in [0.2, 0.25) is 5.91 Å². The van der Waals surface area contributed by atoms with Gasteiger partial charge in [-0.1, -0.05) is 17.7 Å². The van der Waals surface area contributed by atoms with Crippen molar-refractivity contribution in [2.75, 3.05) is 18.5 Å². The van der Waals surface area contributed by atoms with E-state index in [9.17, 15) is 4.79 Å². The predicted octanol–water partition coefficient (Wildman–Crippen LogP) is 4.15. The van der Waals surface area contributed by atoms with E-state index in [1.165, 1.54) is 5.56 Å². The van der Waals surface area contributed by atoms with Gasteiger partial charge in [-0.15, -0.1) is 0 Å². The van der Waals surface area contributed by atoms with E-state index < -0.39 is 0 Å². The number of anilines is 1. The van der Waals surface area contributed by atoms with Crippen molar-refractivity contribution in [2.45, 2.75) is 19.8 Å². The van der Waals surface area contributed by atoms with Crippen LogP contribution in [0.5, 0.6) is 11.5 Å². The van der Waals surface area contributed by atoms with Crippen molar-refractivity contribution >= 4 is 11.6 Å². The maximum absolute atomic E-state index is 12.2. The van der Waals surface area contributed by atoms with Crippen LogP contribution in [0.25, 0.3) is 0 Å². The fraction of sp³-hybridized carbons (Fsp3) is 0.316. The topological polar surface area (TPSA) is 47.6 Å². The SMILES string of the molecule is Cc1ccc(Oc2ccc(NC(=O)C3CCOCC3)cc2)cc1. The second-order valence-corrected chi connectivity index (χ2v) is 5.82. The minimum Gasteiger partial charge on any atom is -0.457 e. The number of aryl methyl sites for hydroxylation is 1. The molecule has 1 heterocycles. The van der Waals surface area contributed by atoms with Gasteiger partial charge in [-0.05, 0) is 56.2 Å². The number of rotatable bonds is 4. The first kappa shape index (κ1) is 15.6. The standard InChI is InChI=1S/C19H21NO3/c1-14-2-6-17(7-3-14)23-18-8-4-16(5-9-18)20-19(21)15-10-12-22-13-11-15/h2-9,15H,10-13H2,1H3,(H,20,21). The van der Waals surface area contributed by atoms with E-state index in [1.807, 2.05) is 55.5 Å². The number of amides is 1. The highest BCUT2D eigenvalue weighted by Gasteiger charge is 2.21. The van der Waals surface area contributed by atoms with E-state index >= 15 is 0 Å². The molecule has 1 N–H and O–H groups in total. The highest BCUT2D eigenvalue weighted by Crippen LogP contribution is 2.24. The summed E-state index contributed by atoms with van der Waals surface area (Å²) < 4.78 is 11.1. The first-order valence-electron chi connectivity index (χ1n) is 7.94. The molecule has 120 valence electrons. The van der Waals surface area contributed by atoms with Crippen LogP contribution in [0, 0.1) is 12.8 Å². The van der Waals surface area contributed by atoms with E-state index in [4.69, 9.17) is 9.47 Å². The molecule has 0 saturated carbocycles. The van der Waals surface area contributed by atoms with Gasteiger partial charge in [0.05, 0.1) is 0 Å². The number of nitrogens with one attached hydrogen (secondary N) is 1. The fourth-order valence-electron chi connectivity index (χ4n) is 2.55. The number of carbonyl (C=O) groups excluding carboxylic acids is 1. The lowest BCUT2D eigenvalue weighted by atomic mass is 9.99. The average Bonchev–Trinajstić information content (AvgIpc) is 2.59. The summed E-state index contributed by atoms with van der Waals surface area (Å²) in [7, 11) is 0. The molecule has 1 fully saturated rings. The van der Waals surface area contributed by atoms with E-state index in [2.05, 4.69) is 5.32 Å². The molecular formula is C19H21NO3. The van der Waals surface area contributed by atoms with Crippen LogP contribution in [0.3, 0.4) is 0 Å².